The van der Waals surface area contributed by atoms with E-state index in [-0.39, 0.29) is 11.8 Å². The smallest absolute Gasteiger partial charge is 0.433 e. The van der Waals surface area contributed by atoms with E-state index in [4.69, 9.17) is 10.00 Å². The predicted octanol–water partition coefficient (Wildman–Crippen LogP) is 4.86. The van der Waals surface area contributed by atoms with Crippen LogP contribution in [0.2, 0.25) is 0 Å². The van der Waals surface area contributed by atoms with E-state index in [1.807, 2.05) is 6.07 Å². The fourth-order valence-electron chi connectivity index (χ4n) is 2.36. The molecule has 9 heteroatoms. The number of hydrogen-bond donors (Lipinski definition) is 2. The summed E-state index contributed by atoms with van der Waals surface area (Å²) in [4.78, 5) is 7.64. The quantitative estimate of drug-likeness (QED) is 0.652. The first-order chi connectivity index (χ1) is 13.4. The summed E-state index contributed by atoms with van der Waals surface area (Å²) in [5, 5.41) is 14.5. The van der Waals surface area contributed by atoms with Crippen LogP contribution in [0.4, 0.5) is 36.3 Å². The highest BCUT2D eigenvalue weighted by atomic mass is 19.4. The van der Waals surface area contributed by atoms with Gasteiger partial charge in [-0.15, -0.1) is 0 Å². The van der Waals surface area contributed by atoms with E-state index in [0.29, 0.717) is 22.7 Å². The number of nitrogens with one attached hydrogen (secondary N) is 2. The Morgan fingerprint density at radius 2 is 1.68 bits per heavy atom. The van der Waals surface area contributed by atoms with Crippen LogP contribution >= 0.6 is 0 Å². The maximum Gasteiger partial charge on any atom is 0.433 e. The first kappa shape index (κ1) is 19.0. The zero-order chi connectivity index (χ0) is 20.1. The van der Waals surface area contributed by atoms with Gasteiger partial charge in [0.05, 0.1) is 18.7 Å². The van der Waals surface area contributed by atoms with Gasteiger partial charge < -0.3 is 15.4 Å². The molecule has 6 nitrogen and oxygen atoms in total. The van der Waals surface area contributed by atoms with Crippen LogP contribution in [0.5, 0.6) is 5.75 Å². The molecule has 1 heterocycles. The van der Waals surface area contributed by atoms with Gasteiger partial charge in [-0.1, -0.05) is 12.1 Å². The van der Waals surface area contributed by atoms with E-state index in [2.05, 4.69) is 20.6 Å². The zero-order valence-electron chi connectivity index (χ0n) is 14.6. The van der Waals surface area contributed by atoms with Gasteiger partial charge in [-0.3, -0.25) is 0 Å². The molecular weight excluding hydrogens is 371 g/mol. The first-order valence-corrected chi connectivity index (χ1v) is 8.02. The average molecular weight is 385 g/mol. The monoisotopic (exact) mass is 385 g/mol. The molecule has 0 saturated carbocycles. The number of alkyl halides is 3. The van der Waals surface area contributed by atoms with Gasteiger partial charge in [-0.05, 0) is 30.3 Å². The number of nitrogens with zero attached hydrogens (tertiary/aromatic N) is 3. The summed E-state index contributed by atoms with van der Waals surface area (Å²) in [5.41, 5.74) is 0.158. The fraction of sp³-hybridized carbons (Fsp3) is 0.105. The Morgan fingerprint density at radius 1 is 0.964 bits per heavy atom. The van der Waals surface area contributed by atoms with Crippen LogP contribution in [0.3, 0.4) is 0 Å². The topological polar surface area (TPSA) is 82.9 Å². The molecule has 2 N–H and O–H groups in total. The Bertz CT molecular complexity index is 1030. The van der Waals surface area contributed by atoms with Crippen LogP contribution in [0.1, 0.15) is 11.3 Å². The third-order valence-corrected chi connectivity index (χ3v) is 3.61. The Kier molecular flexibility index (Phi) is 5.31. The molecule has 3 aromatic rings. The number of halogens is 3. The molecule has 0 unspecified atom stereocenters. The minimum Gasteiger partial charge on any atom is -0.497 e. The number of rotatable bonds is 5. The molecule has 0 atom stereocenters. The van der Waals surface area contributed by atoms with Crippen molar-refractivity contribution in [1.29, 1.82) is 5.26 Å². The maximum atomic E-state index is 13.3. The van der Waals surface area contributed by atoms with Crippen LogP contribution in [0.15, 0.2) is 54.6 Å². The van der Waals surface area contributed by atoms with Crippen molar-refractivity contribution in [2.75, 3.05) is 17.7 Å². The van der Waals surface area contributed by atoms with E-state index < -0.39 is 11.9 Å². The molecule has 0 spiro atoms. The molecule has 142 valence electrons. The number of nitriles is 1. The van der Waals surface area contributed by atoms with E-state index in [1.165, 1.54) is 13.2 Å². The molecule has 0 saturated heterocycles. The van der Waals surface area contributed by atoms with Crippen molar-refractivity contribution in [2.45, 2.75) is 6.18 Å². The molecule has 0 aliphatic heterocycles. The van der Waals surface area contributed by atoms with Crippen LogP contribution in [-0.4, -0.2) is 17.1 Å². The first-order valence-electron chi connectivity index (χ1n) is 8.02. The number of anilines is 4. The van der Waals surface area contributed by atoms with Gasteiger partial charge in [0.15, 0.2) is 5.69 Å². The average Bonchev–Trinajstić information content (AvgIpc) is 2.67. The second-order valence-corrected chi connectivity index (χ2v) is 5.63. The number of hydrogen-bond acceptors (Lipinski definition) is 6. The second-order valence-electron chi connectivity index (χ2n) is 5.63. The van der Waals surface area contributed by atoms with Crippen LogP contribution in [-0.2, 0) is 6.18 Å². The number of aromatic nitrogens is 2. The van der Waals surface area contributed by atoms with Crippen LogP contribution in [0.25, 0.3) is 0 Å². The number of ether oxygens (including phenoxy) is 1. The van der Waals surface area contributed by atoms with Gasteiger partial charge >= 0.3 is 6.18 Å². The molecule has 1 aromatic heterocycles. The molecule has 28 heavy (non-hydrogen) atoms. The van der Waals surface area contributed by atoms with E-state index in [9.17, 15) is 13.2 Å². The van der Waals surface area contributed by atoms with E-state index in [1.54, 1.807) is 42.5 Å². The zero-order valence-corrected chi connectivity index (χ0v) is 14.6. The third kappa shape index (κ3) is 4.67. The lowest BCUT2D eigenvalue weighted by Crippen LogP contribution is -2.12. The number of methoxy groups -OCH3 is 1. The summed E-state index contributed by atoms with van der Waals surface area (Å²) in [6, 6.07) is 15.7. The molecular formula is C19H14F3N5O. The number of benzene rings is 2. The summed E-state index contributed by atoms with van der Waals surface area (Å²) >= 11 is 0. The second kappa shape index (κ2) is 7.84. The summed E-state index contributed by atoms with van der Waals surface area (Å²) in [6.07, 6.45) is -4.65. The van der Waals surface area contributed by atoms with Crippen LogP contribution in [0, 0.1) is 11.3 Å². The highest BCUT2D eigenvalue weighted by Crippen LogP contribution is 2.31. The lowest BCUT2D eigenvalue weighted by molar-refractivity contribution is -0.141. The van der Waals surface area contributed by atoms with E-state index in [0.717, 1.165) is 6.07 Å². The van der Waals surface area contributed by atoms with Crippen molar-refractivity contribution >= 4 is 23.1 Å². The molecule has 0 fully saturated rings. The molecule has 0 radical (unpaired) electrons. The van der Waals surface area contributed by atoms with Crippen molar-refractivity contribution in [1.82, 2.24) is 9.97 Å². The van der Waals surface area contributed by atoms with Crippen LogP contribution < -0.4 is 15.4 Å². The van der Waals surface area contributed by atoms with Gasteiger partial charge in [0.25, 0.3) is 0 Å². The van der Waals surface area contributed by atoms with Gasteiger partial charge in [0.2, 0.25) is 5.95 Å². The molecule has 0 aliphatic carbocycles. The Balaban J connectivity index is 1.95. The summed E-state index contributed by atoms with van der Waals surface area (Å²) in [6.45, 7) is 0. The highest BCUT2D eigenvalue weighted by molar-refractivity contribution is 5.62. The summed E-state index contributed by atoms with van der Waals surface area (Å²) in [7, 11) is 1.48. The third-order valence-electron chi connectivity index (χ3n) is 3.61. The van der Waals surface area contributed by atoms with Gasteiger partial charge in [-0.2, -0.15) is 23.4 Å². The molecule has 0 bridgehead atoms. The molecule has 0 aliphatic rings. The molecule has 0 amide bonds. The lowest BCUT2D eigenvalue weighted by atomic mass is 10.2. The highest BCUT2D eigenvalue weighted by Gasteiger charge is 2.33. The minimum absolute atomic E-state index is 0.0668. The van der Waals surface area contributed by atoms with Crippen molar-refractivity contribution in [3.63, 3.8) is 0 Å². The largest absolute Gasteiger partial charge is 0.497 e. The minimum atomic E-state index is -4.65. The maximum absolute atomic E-state index is 13.3. The van der Waals surface area contributed by atoms with Crippen molar-refractivity contribution in [3.05, 3.63) is 65.9 Å². The lowest BCUT2D eigenvalue weighted by Gasteiger charge is -2.13. The molecule has 3 rings (SSSR count). The predicted molar refractivity (Wildman–Crippen MR) is 97.8 cm³/mol. The standard InChI is InChI=1S/C19H14F3N5O/c1-28-15-7-3-6-14(9-15)25-18-26-16(19(20,21)22)10-17(27-18)24-13-5-2-4-12(8-13)11-23/h2-10H,1H3,(H2,24,25,26,27). The van der Waals surface area contributed by atoms with E-state index >= 15 is 0 Å². The van der Waals surface area contributed by atoms with Crippen molar-refractivity contribution in [2.24, 2.45) is 0 Å². The Hall–Kier alpha value is -3.80. The normalized spacial score (nSPS) is 10.8. The van der Waals surface area contributed by atoms with Gasteiger partial charge in [0, 0.05) is 23.5 Å². The Labute approximate surface area is 158 Å². The van der Waals surface area contributed by atoms with Crippen molar-refractivity contribution < 1.29 is 17.9 Å². The fourth-order valence-corrected chi connectivity index (χ4v) is 2.36. The Morgan fingerprint density at radius 3 is 2.36 bits per heavy atom. The molecule has 2 aromatic carbocycles. The van der Waals surface area contributed by atoms with Crippen molar-refractivity contribution in [3.8, 4) is 11.8 Å². The summed E-state index contributed by atoms with van der Waals surface area (Å²) in [5.74, 6) is 0.230. The SMILES string of the molecule is COc1cccc(Nc2nc(Nc3cccc(C#N)c3)cc(C(F)(F)F)n2)c1. The van der Waals surface area contributed by atoms with Gasteiger partial charge in [-0.25, -0.2) is 4.98 Å². The van der Waals surface area contributed by atoms with Gasteiger partial charge in [0.1, 0.15) is 11.6 Å². The summed E-state index contributed by atoms with van der Waals surface area (Å²) < 4.78 is 44.9.